The quantitative estimate of drug-likeness (QED) is 0.877. The van der Waals surface area contributed by atoms with Crippen LogP contribution >= 0.6 is 0 Å². The highest BCUT2D eigenvalue weighted by molar-refractivity contribution is 5.88. The maximum atomic E-state index is 13.1. The van der Waals surface area contributed by atoms with Crippen LogP contribution in [0.15, 0.2) is 18.2 Å². The molecule has 1 N–H and O–H groups in total. The van der Waals surface area contributed by atoms with Crippen molar-refractivity contribution in [1.29, 1.82) is 0 Å². The van der Waals surface area contributed by atoms with Crippen molar-refractivity contribution in [1.82, 2.24) is 4.90 Å². The van der Waals surface area contributed by atoms with Crippen molar-refractivity contribution in [2.75, 3.05) is 6.54 Å². The van der Waals surface area contributed by atoms with Gasteiger partial charge in [-0.1, -0.05) is 6.07 Å². The third kappa shape index (κ3) is 7.41. The maximum absolute atomic E-state index is 13.1. The Labute approximate surface area is 147 Å². The summed E-state index contributed by atoms with van der Waals surface area (Å²) in [4.78, 5) is 25.5. The molecule has 1 rings (SSSR count). The van der Waals surface area contributed by atoms with Crippen LogP contribution in [0.2, 0.25) is 0 Å². The molecule has 1 aromatic rings. The minimum Gasteiger partial charge on any atom is -0.505 e. The standard InChI is InChI=1S/C18H26FNO5/c1-17(2,3)24-15(22)20(16(23)25-18(4,5)6)10-9-12-7-8-13(19)14(21)11-12/h7-8,11,21H,9-10H2,1-6H3. The van der Waals surface area contributed by atoms with Crippen LogP contribution in [0.3, 0.4) is 0 Å². The van der Waals surface area contributed by atoms with Crippen molar-refractivity contribution in [3.05, 3.63) is 29.6 Å². The molecule has 1 aromatic carbocycles. The van der Waals surface area contributed by atoms with Crippen LogP contribution in [0.5, 0.6) is 5.75 Å². The lowest BCUT2D eigenvalue weighted by molar-refractivity contribution is 0.00171. The van der Waals surface area contributed by atoms with Gasteiger partial charge in [-0.3, -0.25) is 0 Å². The predicted molar refractivity (Wildman–Crippen MR) is 90.9 cm³/mol. The second kappa shape index (κ2) is 7.72. The number of nitrogens with zero attached hydrogens (tertiary/aromatic N) is 1. The number of carbonyl (C=O) groups is 2. The van der Waals surface area contributed by atoms with Gasteiger partial charge in [-0.15, -0.1) is 0 Å². The molecule has 0 aliphatic rings. The number of ether oxygens (including phenoxy) is 2. The number of phenolic OH excluding ortho intramolecular Hbond substituents is 1. The minimum absolute atomic E-state index is 0.0328. The van der Waals surface area contributed by atoms with Gasteiger partial charge in [0.25, 0.3) is 0 Å². The van der Waals surface area contributed by atoms with E-state index in [1.807, 2.05) is 0 Å². The molecule has 0 fully saturated rings. The second-order valence-corrected chi connectivity index (χ2v) is 7.65. The third-order valence-electron chi connectivity index (χ3n) is 2.86. The third-order valence-corrected chi connectivity index (χ3v) is 2.86. The molecular formula is C18H26FNO5. The van der Waals surface area contributed by atoms with E-state index in [-0.39, 0.29) is 13.0 Å². The van der Waals surface area contributed by atoms with Gasteiger partial charge in [-0.05, 0) is 65.7 Å². The van der Waals surface area contributed by atoms with Crippen LogP contribution in [0.25, 0.3) is 0 Å². The summed E-state index contributed by atoms with van der Waals surface area (Å²) in [5, 5.41) is 9.42. The topological polar surface area (TPSA) is 76.1 Å². The molecular weight excluding hydrogens is 329 g/mol. The van der Waals surface area contributed by atoms with Crippen molar-refractivity contribution in [3.63, 3.8) is 0 Å². The molecule has 0 atom stereocenters. The molecule has 0 spiro atoms. The summed E-state index contributed by atoms with van der Waals surface area (Å²) in [6.45, 7) is 10.1. The Morgan fingerprint density at radius 3 is 1.92 bits per heavy atom. The average Bonchev–Trinajstić information content (AvgIpc) is 2.38. The van der Waals surface area contributed by atoms with Crippen molar-refractivity contribution >= 4 is 12.2 Å². The first-order valence-electron chi connectivity index (χ1n) is 7.99. The summed E-state index contributed by atoms with van der Waals surface area (Å²) in [6.07, 6.45) is -1.44. The first-order valence-corrected chi connectivity index (χ1v) is 7.99. The Bertz CT molecular complexity index is 603. The molecule has 0 aromatic heterocycles. The number of carbonyl (C=O) groups excluding carboxylic acids is 2. The van der Waals surface area contributed by atoms with Gasteiger partial charge in [0.2, 0.25) is 0 Å². The van der Waals surface area contributed by atoms with Gasteiger partial charge < -0.3 is 14.6 Å². The number of hydrogen-bond acceptors (Lipinski definition) is 5. The fourth-order valence-electron chi connectivity index (χ4n) is 1.85. The molecule has 0 aliphatic carbocycles. The fraction of sp³-hybridized carbons (Fsp3) is 0.556. The van der Waals surface area contributed by atoms with Gasteiger partial charge in [0.1, 0.15) is 11.2 Å². The van der Waals surface area contributed by atoms with Crippen LogP contribution in [0.1, 0.15) is 47.1 Å². The monoisotopic (exact) mass is 355 g/mol. The Hall–Kier alpha value is -2.31. The van der Waals surface area contributed by atoms with E-state index in [1.165, 1.54) is 12.1 Å². The average molecular weight is 355 g/mol. The van der Waals surface area contributed by atoms with Crippen molar-refractivity contribution < 1.29 is 28.6 Å². The van der Waals surface area contributed by atoms with E-state index in [4.69, 9.17) is 9.47 Å². The molecule has 0 aliphatic heterocycles. The Balaban J connectivity index is 2.91. The number of amides is 2. The van der Waals surface area contributed by atoms with Gasteiger partial charge in [0.15, 0.2) is 11.6 Å². The zero-order valence-corrected chi connectivity index (χ0v) is 15.6. The lowest BCUT2D eigenvalue weighted by atomic mass is 10.1. The first-order chi connectivity index (χ1) is 11.3. The smallest absolute Gasteiger partial charge is 0.419 e. The van der Waals surface area contributed by atoms with Crippen LogP contribution < -0.4 is 0 Å². The van der Waals surface area contributed by atoms with Gasteiger partial charge in [0, 0.05) is 6.54 Å². The van der Waals surface area contributed by atoms with E-state index in [0.717, 1.165) is 11.0 Å². The van der Waals surface area contributed by atoms with Crippen molar-refractivity contribution in [2.24, 2.45) is 0 Å². The highest BCUT2D eigenvalue weighted by Crippen LogP contribution is 2.19. The number of rotatable bonds is 3. The van der Waals surface area contributed by atoms with Crippen LogP contribution in [0.4, 0.5) is 14.0 Å². The fourth-order valence-corrected chi connectivity index (χ4v) is 1.85. The van der Waals surface area contributed by atoms with Gasteiger partial charge >= 0.3 is 12.2 Å². The largest absolute Gasteiger partial charge is 0.505 e. The summed E-state index contributed by atoms with van der Waals surface area (Å²) >= 11 is 0. The minimum atomic E-state index is -0.826. The maximum Gasteiger partial charge on any atom is 0.419 e. The Morgan fingerprint density at radius 2 is 1.52 bits per heavy atom. The lowest BCUT2D eigenvalue weighted by Gasteiger charge is -2.28. The molecule has 6 nitrogen and oxygen atoms in total. The van der Waals surface area contributed by atoms with Crippen molar-refractivity contribution in [2.45, 2.75) is 59.2 Å². The highest BCUT2D eigenvalue weighted by atomic mass is 19.1. The molecule has 7 heteroatoms. The van der Waals surface area contributed by atoms with Gasteiger partial charge in [-0.25, -0.2) is 18.9 Å². The van der Waals surface area contributed by atoms with E-state index in [9.17, 15) is 19.1 Å². The van der Waals surface area contributed by atoms with Crippen LogP contribution in [0, 0.1) is 5.82 Å². The molecule has 0 bridgehead atoms. The zero-order chi connectivity index (χ0) is 19.4. The normalized spacial score (nSPS) is 11.8. The summed E-state index contributed by atoms with van der Waals surface area (Å²) in [6, 6.07) is 3.84. The van der Waals surface area contributed by atoms with Crippen LogP contribution in [-0.4, -0.2) is 39.9 Å². The van der Waals surface area contributed by atoms with Gasteiger partial charge in [0.05, 0.1) is 0 Å². The first kappa shape index (κ1) is 20.7. The van der Waals surface area contributed by atoms with Crippen molar-refractivity contribution in [3.8, 4) is 5.75 Å². The summed E-state index contributed by atoms with van der Waals surface area (Å²) in [7, 11) is 0. The summed E-state index contributed by atoms with van der Waals surface area (Å²) < 4.78 is 23.6. The van der Waals surface area contributed by atoms with E-state index < -0.39 is 35.0 Å². The number of phenols is 1. The zero-order valence-electron chi connectivity index (χ0n) is 15.6. The Kier molecular flexibility index (Phi) is 6.40. The molecule has 0 saturated heterocycles. The van der Waals surface area contributed by atoms with E-state index in [1.54, 1.807) is 41.5 Å². The second-order valence-electron chi connectivity index (χ2n) is 7.65. The number of aromatic hydroxyl groups is 1. The SMILES string of the molecule is CC(C)(C)OC(=O)N(CCc1ccc(F)c(O)c1)C(=O)OC(C)(C)C. The molecule has 0 radical (unpaired) electrons. The number of benzene rings is 1. The van der Waals surface area contributed by atoms with E-state index in [2.05, 4.69) is 0 Å². The summed E-state index contributed by atoms with van der Waals surface area (Å²) in [5.74, 6) is -1.22. The van der Waals surface area contributed by atoms with E-state index >= 15 is 0 Å². The Morgan fingerprint density at radius 1 is 1.04 bits per heavy atom. The molecule has 140 valence electrons. The van der Waals surface area contributed by atoms with E-state index in [0.29, 0.717) is 5.56 Å². The molecule has 2 amide bonds. The number of halogens is 1. The van der Waals surface area contributed by atoms with Crippen LogP contribution in [-0.2, 0) is 15.9 Å². The summed E-state index contributed by atoms with van der Waals surface area (Å²) in [5.41, 5.74) is -0.979. The number of hydrogen-bond donors (Lipinski definition) is 1. The molecule has 0 heterocycles. The molecule has 0 unspecified atom stereocenters. The molecule has 25 heavy (non-hydrogen) atoms. The number of imide groups is 1. The lowest BCUT2D eigenvalue weighted by Crippen LogP contribution is -2.44. The van der Waals surface area contributed by atoms with Gasteiger partial charge in [-0.2, -0.15) is 0 Å². The highest BCUT2D eigenvalue weighted by Gasteiger charge is 2.30. The predicted octanol–water partition coefficient (Wildman–Crippen LogP) is 4.25. The molecule has 0 saturated carbocycles.